The van der Waals surface area contributed by atoms with Crippen LogP contribution in [-0.2, 0) is 48.0 Å². The minimum absolute atomic E-state index is 0.0408. The number of aromatic nitrogens is 2. The highest BCUT2D eigenvalue weighted by molar-refractivity contribution is 5.97. The van der Waals surface area contributed by atoms with Crippen LogP contribution in [0.1, 0.15) is 71.1 Å². The molecule has 7 N–H and O–H groups in total. The smallest absolute Gasteiger partial charge is 0.305 e. The van der Waals surface area contributed by atoms with Crippen LogP contribution < -0.4 is 26.6 Å². The van der Waals surface area contributed by atoms with Crippen molar-refractivity contribution in [3.05, 3.63) is 126 Å². The molecule has 14 nitrogen and oxygen atoms in total. The molecule has 0 aliphatic carbocycles. The molecule has 5 amide bonds. The summed E-state index contributed by atoms with van der Waals surface area (Å²) in [4.78, 5) is 89.3. The van der Waals surface area contributed by atoms with Crippen molar-refractivity contribution >= 4 is 46.4 Å². The number of carboxylic acid groups (broad SMARTS) is 1. The molecule has 6 atom stereocenters. The number of hydrogen-bond acceptors (Lipinski definition) is 7. The Kier molecular flexibility index (Phi) is 17.3. The molecule has 2 heterocycles. The summed E-state index contributed by atoms with van der Waals surface area (Å²) in [6.45, 7) is 11.3. The van der Waals surface area contributed by atoms with Gasteiger partial charge in [-0.3, -0.25) is 33.8 Å². The SMILES string of the molecule is CC(C)C[C@H](NC(=O)[C@H](Cc1c[nH]c2ccccc12)NC(=O)[C@H](CC(=O)O)NC(=O)[C@@H](C)Cc1ccncc1)C(=O)N[C@@H](Cc1ccc(-c2ccccc2)cc1)C(=O)N[C@H](C)C(C)C. The predicted octanol–water partition coefficient (Wildman–Crippen LogP) is 5.51. The Bertz CT molecular complexity index is 2350. The zero-order chi connectivity index (χ0) is 46.3. The first-order chi connectivity index (χ1) is 30.6. The lowest BCUT2D eigenvalue weighted by Crippen LogP contribution is -2.59. The van der Waals surface area contributed by atoms with Gasteiger partial charge in [-0.1, -0.05) is 107 Å². The van der Waals surface area contributed by atoms with E-state index < -0.39 is 66.1 Å². The third-order valence-corrected chi connectivity index (χ3v) is 11.3. The lowest BCUT2D eigenvalue weighted by Gasteiger charge is -2.28. The Morgan fingerprint density at radius 1 is 0.562 bits per heavy atom. The second-order valence-electron chi connectivity index (χ2n) is 17.3. The molecule has 0 spiro atoms. The van der Waals surface area contributed by atoms with Gasteiger partial charge in [0.05, 0.1) is 6.42 Å². The van der Waals surface area contributed by atoms with Crippen LogP contribution >= 0.6 is 0 Å². The van der Waals surface area contributed by atoms with Crippen molar-refractivity contribution in [3.8, 4) is 11.1 Å². The molecule has 0 saturated heterocycles. The minimum atomic E-state index is -1.52. The molecule has 0 aliphatic rings. The van der Waals surface area contributed by atoms with Crippen LogP contribution in [0.3, 0.4) is 0 Å². The van der Waals surface area contributed by atoms with E-state index in [-0.39, 0.29) is 43.0 Å². The van der Waals surface area contributed by atoms with Gasteiger partial charge in [-0.2, -0.15) is 0 Å². The van der Waals surface area contributed by atoms with Crippen molar-refractivity contribution < 1.29 is 33.9 Å². The zero-order valence-electron chi connectivity index (χ0n) is 37.4. The third kappa shape index (κ3) is 14.1. The first-order valence-corrected chi connectivity index (χ1v) is 21.9. The topological polar surface area (TPSA) is 211 Å². The van der Waals surface area contributed by atoms with Gasteiger partial charge in [-0.15, -0.1) is 0 Å². The molecule has 14 heteroatoms. The summed E-state index contributed by atoms with van der Waals surface area (Å²) in [5.74, 6) is -5.01. The number of nitrogens with one attached hydrogen (secondary N) is 6. The molecule has 0 saturated carbocycles. The third-order valence-electron chi connectivity index (χ3n) is 11.3. The Hall–Kier alpha value is -6.83. The van der Waals surface area contributed by atoms with Crippen LogP contribution in [0.25, 0.3) is 22.0 Å². The summed E-state index contributed by atoms with van der Waals surface area (Å²) in [7, 11) is 0. The van der Waals surface area contributed by atoms with Crippen LogP contribution in [0.5, 0.6) is 0 Å². The monoisotopic (exact) mass is 871 g/mol. The van der Waals surface area contributed by atoms with Gasteiger partial charge >= 0.3 is 5.97 Å². The Labute approximate surface area is 374 Å². The summed E-state index contributed by atoms with van der Waals surface area (Å²) in [5.41, 5.74) is 5.18. The Morgan fingerprint density at radius 3 is 1.73 bits per heavy atom. The maximum absolute atomic E-state index is 14.5. The van der Waals surface area contributed by atoms with E-state index in [1.807, 2.05) is 113 Å². The van der Waals surface area contributed by atoms with E-state index in [1.165, 1.54) is 0 Å². The molecule has 64 heavy (non-hydrogen) atoms. The van der Waals surface area contributed by atoms with Crippen molar-refractivity contribution in [3.63, 3.8) is 0 Å². The lowest BCUT2D eigenvalue weighted by molar-refractivity contribution is -0.141. The number of aliphatic carboxylic acids is 1. The van der Waals surface area contributed by atoms with E-state index in [0.717, 1.165) is 33.2 Å². The molecule has 338 valence electrons. The van der Waals surface area contributed by atoms with Crippen LogP contribution in [0.2, 0.25) is 0 Å². The van der Waals surface area contributed by atoms with Gasteiger partial charge in [0.2, 0.25) is 29.5 Å². The van der Waals surface area contributed by atoms with Crippen LogP contribution in [-0.4, -0.2) is 80.8 Å². The average molecular weight is 872 g/mol. The van der Waals surface area contributed by atoms with E-state index in [4.69, 9.17) is 0 Å². The molecular formula is C50H61N7O7. The first kappa shape index (κ1) is 48.2. The highest BCUT2D eigenvalue weighted by Gasteiger charge is 2.34. The van der Waals surface area contributed by atoms with Crippen LogP contribution in [0, 0.1) is 17.8 Å². The van der Waals surface area contributed by atoms with Crippen LogP contribution in [0.4, 0.5) is 0 Å². The zero-order valence-corrected chi connectivity index (χ0v) is 37.4. The average Bonchev–Trinajstić information content (AvgIpc) is 3.68. The van der Waals surface area contributed by atoms with E-state index in [2.05, 4.69) is 36.6 Å². The number of carbonyl (C=O) groups is 6. The van der Waals surface area contributed by atoms with Gasteiger partial charge in [0.25, 0.3) is 0 Å². The Morgan fingerprint density at radius 2 is 1.09 bits per heavy atom. The normalized spacial score (nSPS) is 14.1. The van der Waals surface area contributed by atoms with Crippen molar-refractivity contribution in [2.24, 2.45) is 17.8 Å². The summed E-state index contributed by atoms with van der Waals surface area (Å²) in [6, 6.07) is 23.5. The fourth-order valence-corrected chi connectivity index (χ4v) is 7.31. The standard InChI is InChI=1S/C50H61N7O7/c1-30(2)24-41(48(62)56-42(47(61)53-33(6)31(3)4)26-34-16-18-37(19-17-34)36-12-8-7-9-13-36)55-49(63)43(27-38-29-52-40-15-11-10-14-39(38)40)57-50(64)44(28-45(58)59)54-46(60)32(5)25-35-20-22-51-23-21-35/h7-23,29-33,41-44,52H,24-28H2,1-6H3,(H,53,61)(H,54,60)(H,55,63)(H,56,62)(H,57,64)(H,58,59)/t32-,33+,41-,42-,43-,44-/m0/s1. The molecule has 3 aromatic carbocycles. The number of hydrogen-bond donors (Lipinski definition) is 7. The van der Waals surface area contributed by atoms with Gasteiger partial charge in [0.15, 0.2) is 0 Å². The maximum Gasteiger partial charge on any atom is 0.305 e. The number of carbonyl (C=O) groups excluding carboxylic acids is 5. The molecule has 0 aliphatic heterocycles. The molecule has 0 unspecified atom stereocenters. The van der Waals surface area contributed by atoms with E-state index in [9.17, 15) is 33.9 Å². The largest absolute Gasteiger partial charge is 0.481 e. The number of amides is 5. The van der Waals surface area contributed by atoms with Crippen molar-refractivity contribution in [1.29, 1.82) is 0 Å². The number of nitrogens with zero attached hydrogens (tertiary/aromatic N) is 1. The van der Waals surface area contributed by atoms with E-state index in [1.54, 1.807) is 37.6 Å². The van der Waals surface area contributed by atoms with Gasteiger partial charge in [-0.25, -0.2) is 0 Å². The summed E-state index contributed by atoms with van der Waals surface area (Å²) in [5, 5.41) is 24.7. The number of H-pyrrole nitrogens is 1. The number of rotatable bonds is 22. The number of fused-ring (bicyclic) bond motifs is 1. The fraction of sp³-hybridized carbons (Fsp3) is 0.380. The second-order valence-corrected chi connectivity index (χ2v) is 17.3. The van der Waals surface area contributed by atoms with Crippen molar-refractivity contribution in [1.82, 2.24) is 36.6 Å². The first-order valence-electron chi connectivity index (χ1n) is 21.9. The van der Waals surface area contributed by atoms with Crippen molar-refractivity contribution in [2.45, 2.75) is 104 Å². The number of benzene rings is 3. The number of para-hydroxylation sites is 1. The molecule has 0 radical (unpaired) electrons. The van der Waals surface area contributed by atoms with Gasteiger partial charge < -0.3 is 36.7 Å². The quantitative estimate of drug-likeness (QED) is 0.0470. The molecule has 0 fully saturated rings. The molecule has 0 bridgehead atoms. The van der Waals surface area contributed by atoms with Crippen molar-refractivity contribution in [2.75, 3.05) is 0 Å². The van der Waals surface area contributed by atoms with E-state index in [0.29, 0.717) is 12.0 Å². The number of carboxylic acids is 1. The number of aromatic amines is 1. The van der Waals surface area contributed by atoms with Gasteiger partial charge in [-0.05, 0) is 77.6 Å². The highest BCUT2D eigenvalue weighted by atomic mass is 16.4. The molecular weight excluding hydrogens is 811 g/mol. The fourth-order valence-electron chi connectivity index (χ4n) is 7.31. The summed E-state index contributed by atoms with van der Waals surface area (Å²) < 4.78 is 0. The molecule has 2 aromatic heterocycles. The van der Waals surface area contributed by atoms with Gasteiger partial charge in [0, 0.05) is 54.3 Å². The summed E-state index contributed by atoms with van der Waals surface area (Å²) in [6.07, 6.45) is 4.83. The van der Waals surface area contributed by atoms with Gasteiger partial charge in [0.1, 0.15) is 24.2 Å². The van der Waals surface area contributed by atoms with Crippen LogP contribution in [0.15, 0.2) is 110 Å². The Balaban J connectivity index is 1.39. The lowest BCUT2D eigenvalue weighted by atomic mass is 9.98. The molecule has 5 rings (SSSR count). The summed E-state index contributed by atoms with van der Waals surface area (Å²) >= 11 is 0. The maximum atomic E-state index is 14.5. The highest BCUT2D eigenvalue weighted by Crippen LogP contribution is 2.22. The predicted molar refractivity (Wildman–Crippen MR) is 247 cm³/mol. The second kappa shape index (κ2) is 23.0. The minimum Gasteiger partial charge on any atom is -0.481 e. The van der Waals surface area contributed by atoms with E-state index >= 15 is 0 Å². The number of pyridine rings is 1. The molecule has 5 aromatic rings.